The van der Waals surface area contributed by atoms with Gasteiger partial charge in [0, 0.05) is 5.57 Å². The van der Waals surface area contributed by atoms with Gasteiger partial charge in [-0.1, -0.05) is 25.2 Å². The van der Waals surface area contributed by atoms with Gasteiger partial charge in [0.1, 0.15) is 0 Å². The molecule has 2 nitrogen and oxygen atoms in total. The van der Waals surface area contributed by atoms with Crippen molar-refractivity contribution in [3.63, 3.8) is 0 Å². The fraction of sp³-hybridized carbons (Fsp3) is 0.583. The van der Waals surface area contributed by atoms with E-state index in [0.717, 1.165) is 12.8 Å². The number of ether oxygens (including phenoxy) is 1. The van der Waals surface area contributed by atoms with Crippen LogP contribution in [0.3, 0.4) is 0 Å². The van der Waals surface area contributed by atoms with Gasteiger partial charge in [-0.25, -0.2) is 4.79 Å². The van der Waals surface area contributed by atoms with E-state index >= 15 is 0 Å². The van der Waals surface area contributed by atoms with Gasteiger partial charge in [0.05, 0.1) is 7.11 Å². The smallest absolute Gasteiger partial charge is 0.333 e. The molecule has 0 fully saturated rings. The predicted octanol–water partition coefficient (Wildman–Crippen LogP) is 3.10. The van der Waals surface area contributed by atoms with E-state index in [1.807, 2.05) is 6.92 Å². The fourth-order valence-electron chi connectivity index (χ4n) is 1.13. The van der Waals surface area contributed by atoms with Crippen molar-refractivity contribution in [1.29, 1.82) is 0 Å². The maximum absolute atomic E-state index is 11.1. The molecule has 0 saturated carbocycles. The normalized spacial score (nSPS) is 11.7. The Bertz CT molecular complexity index is 235. The van der Waals surface area contributed by atoms with Crippen LogP contribution in [0.15, 0.2) is 23.8 Å². The van der Waals surface area contributed by atoms with Crippen molar-refractivity contribution in [2.45, 2.75) is 33.6 Å². The Kier molecular flexibility index (Phi) is 5.93. The van der Waals surface area contributed by atoms with Gasteiger partial charge in [0.15, 0.2) is 0 Å². The minimum atomic E-state index is -0.297. The Balaban J connectivity index is 3.96. The van der Waals surface area contributed by atoms with Crippen molar-refractivity contribution in [3.05, 3.63) is 23.8 Å². The number of allylic oxidation sites excluding steroid dienone is 2. The van der Waals surface area contributed by atoms with Crippen LogP contribution in [-0.4, -0.2) is 13.1 Å². The van der Waals surface area contributed by atoms with Crippen LogP contribution in [0, 0.1) is 5.92 Å². The topological polar surface area (TPSA) is 26.3 Å². The van der Waals surface area contributed by atoms with Crippen LogP contribution in [0.25, 0.3) is 0 Å². The van der Waals surface area contributed by atoms with E-state index < -0.39 is 0 Å². The second-order valence-electron chi connectivity index (χ2n) is 3.78. The summed E-state index contributed by atoms with van der Waals surface area (Å²) in [6, 6.07) is 0. The lowest BCUT2D eigenvalue weighted by atomic mass is 9.97. The highest BCUT2D eigenvalue weighted by molar-refractivity contribution is 5.88. The Morgan fingerprint density at radius 2 is 2.07 bits per heavy atom. The zero-order valence-electron chi connectivity index (χ0n) is 9.59. The summed E-state index contributed by atoms with van der Waals surface area (Å²) in [6.45, 7) is 9.86. The maximum Gasteiger partial charge on any atom is 0.333 e. The zero-order valence-corrected chi connectivity index (χ0v) is 9.59. The third-order valence-corrected chi connectivity index (χ3v) is 2.19. The zero-order chi connectivity index (χ0) is 11.1. The summed E-state index contributed by atoms with van der Waals surface area (Å²) in [6.07, 6.45) is 4.10. The van der Waals surface area contributed by atoms with E-state index in [1.165, 1.54) is 12.7 Å². The molecular weight excluding hydrogens is 176 g/mol. The molecule has 0 aliphatic carbocycles. The number of carbonyl (C=O) groups excluding carboxylic acids is 1. The molecule has 0 aromatic heterocycles. The number of methoxy groups -OCH3 is 1. The van der Waals surface area contributed by atoms with Crippen LogP contribution in [0.5, 0.6) is 0 Å². The van der Waals surface area contributed by atoms with E-state index in [4.69, 9.17) is 0 Å². The molecule has 0 bridgehead atoms. The molecule has 2 heteroatoms. The van der Waals surface area contributed by atoms with Crippen LogP contribution in [0.4, 0.5) is 0 Å². The van der Waals surface area contributed by atoms with Crippen molar-refractivity contribution in [2.24, 2.45) is 5.92 Å². The van der Waals surface area contributed by atoms with Crippen LogP contribution in [0.2, 0.25) is 0 Å². The van der Waals surface area contributed by atoms with Crippen molar-refractivity contribution in [1.82, 2.24) is 0 Å². The predicted molar refractivity (Wildman–Crippen MR) is 59.0 cm³/mol. The molecule has 0 N–H and O–H groups in total. The molecule has 0 radical (unpaired) electrons. The summed E-state index contributed by atoms with van der Waals surface area (Å²) in [5, 5.41) is 0. The van der Waals surface area contributed by atoms with Crippen LogP contribution in [0.1, 0.15) is 33.6 Å². The van der Waals surface area contributed by atoms with Gasteiger partial charge in [-0.05, 0) is 32.6 Å². The lowest BCUT2D eigenvalue weighted by Crippen LogP contribution is -2.10. The molecule has 1 unspecified atom stereocenters. The third kappa shape index (κ3) is 4.85. The van der Waals surface area contributed by atoms with Crippen molar-refractivity contribution < 1.29 is 9.53 Å². The lowest BCUT2D eigenvalue weighted by Gasteiger charge is -2.11. The van der Waals surface area contributed by atoms with Crippen LogP contribution >= 0.6 is 0 Å². The monoisotopic (exact) mass is 196 g/mol. The minimum Gasteiger partial charge on any atom is -0.466 e. The van der Waals surface area contributed by atoms with E-state index in [1.54, 1.807) is 0 Å². The molecule has 0 aliphatic heterocycles. The molecular formula is C12H20O2. The van der Waals surface area contributed by atoms with E-state index in [2.05, 4.69) is 31.2 Å². The summed E-state index contributed by atoms with van der Waals surface area (Å²) >= 11 is 0. The molecule has 0 rings (SSSR count). The largest absolute Gasteiger partial charge is 0.466 e. The quantitative estimate of drug-likeness (QED) is 0.383. The van der Waals surface area contributed by atoms with Gasteiger partial charge in [-0.15, -0.1) is 0 Å². The van der Waals surface area contributed by atoms with Gasteiger partial charge in [0.25, 0.3) is 0 Å². The summed E-state index contributed by atoms with van der Waals surface area (Å²) < 4.78 is 4.61. The van der Waals surface area contributed by atoms with Gasteiger partial charge in [0.2, 0.25) is 0 Å². The molecule has 14 heavy (non-hydrogen) atoms. The first-order valence-corrected chi connectivity index (χ1v) is 4.89. The molecule has 0 spiro atoms. The number of rotatable bonds is 5. The van der Waals surface area contributed by atoms with Gasteiger partial charge in [-0.2, -0.15) is 0 Å². The van der Waals surface area contributed by atoms with Gasteiger partial charge >= 0.3 is 5.97 Å². The first-order valence-electron chi connectivity index (χ1n) is 4.89. The van der Waals surface area contributed by atoms with Crippen molar-refractivity contribution >= 4 is 5.97 Å². The molecule has 0 aliphatic rings. The average molecular weight is 196 g/mol. The van der Waals surface area contributed by atoms with Crippen LogP contribution in [-0.2, 0) is 9.53 Å². The van der Waals surface area contributed by atoms with E-state index in [9.17, 15) is 4.79 Å². The molecule has 0 amide bonds. The summed E-state index contributed by atoms with van der Waals surface area (Å²) in [7, 11) is 1.39. The van der Waals surface area contributed by atoms with Crippen molar-refractivity contribution in [2.75, 3.05) is 7.11 Å². The molecule has 1 atom stereocenters. The van der Waals surface area contributed by atoms with Gasteiger partial charge in [-0.3, -0.25) is 0 Å². The SMILES string of the molecule is C=C(C(=O)OC)C(C)CCC=C(C)C. The number of esters is 1. The highest BCUT2D eigenvalue weighted by Gasteiger charge is 2.13. The highest BCUT2D eigenvalue weighted by atomic mass is 16.5. The summed E-state index contributed by atoms with van der Waals surface area (Å²) in [5.74, 6) is -0.104. The second kappa shape index (κ2) is 6.41. The first-order chi connectivity index (χ1) is 6.49. The number of hydrogen-bond donors (Lipinski definition) is 0. The fourth-order valence-corrected chi connectivity index (χ4v) is 1.13. The summed E-state index contributed by atoms with van der Waals surface area (Å²) in [5.41, 5.74) is 1.87. The lowest BCUT2D eigenvalue weighted by molar-refractivity contribution is -0.136. The van der Waals surface area contributed by atoms with Crippen molar-refractivity contribution in [3.8, 4) is 0 Å². The Morgan fingerprint density at radius 3 is 2.50 bits per heavy atom. The molecule has 0 aromatic carbocycles. The molecule has 0 saturated heterocycles. The standard InChI is InChI=1S/C12H20O2/c1-9(2)7-6-8-10(3)11(4)12(13)14-5/h7,10H,4,6,8H2,1-3,5H3. The first kappa shape index (κ1) is 12.9. The van der Waals surface area contributed by atoms with E-state index in [-0.39, 0.29) is 11.9 Å². The average Bonchev–Trinajstić information content (AvgIpc) is 2.14. The number of carbonyl (C=O) groups is 1. The Labute approximate surface area is 86.6 Å². The summed E-state index contributed by atoms with van der Waals surface area (Å²) in [4.78, 5) is 11.1. The van der Waals surface area contributed by atoms with Crippen LogP contribution < -0.4 is 0 Å². The second-order valence-corrected chi connectivity index (χ2v) is 3.78. The molecule has 0 heterocycles. The number of hydrogen-bond acceptors (Lipinski definition) is 2. The Hall–Kier alpha value is -1.05. The maximum atomic E-state index is 11.1. The molecule has 0 aromatic rings. The van der Waals surface area contributed by atoms with E-state index in [0.29, 0.717) is 5.57 Å². The Morgan fingerprint density at radius 1 is 1.50 bits per heavy atom. The highest BCUT2D eigenvalue weighted by Crippen LogP contribution is 2.16. The minimum absolute atomic E-state index is 0.193. The van der Waals surface area contributed by atoms with Gasteiger partial charge < -0.3 is 4.74 Å². The molecule has 80 valence electrons. The third-order valence-electron chi connectivity index (χ3n) is 2.19.